The molecule has 0 spiro atoms. The number of rotatable bonds is 54. The molecule has 0 aromatic carbocycles. The molecule has 0 rings (SSSR count). The third kappa shape index (κ3) is 57.0. The minimum atomic E-state index is -4.61. The Balaban J connectivity index is 4.00. The van der Waals surface area contributed by atoms with E-state index in [4.69, 9.17) is 9.05 Å². The smallest absolute Gasteiger partial charge is 0.268 e. The number of nitrogens with zero attached hydrogens (tertiary/aromatic N) is 1. The summed E-state index contributed by atoms with van der Waals surface area (Å²) in [5.74, 6) is -0.212. The number of hydrogen-bond acceptors (Lipinski definition) is 6. The van der Waals surface area contributed by atoms with Crippen LogP contribution in [0.5, 0.6) is 0 Å². The quantitative estimate of drug-likeness (QED) is 0.0272. The largest absolute Gasteiger partial charge is 0.756 e. The summed E-state index contributed by atoms with van der Waals surface area (Å²) < 4.78 is 23.3. The van der Waals surface area contributed by atoms with E-state index < -0.39 is 26.6 Å². The van der Waals surface area contributed by atoms with Crippen LogP contribution in [0.25, 0.3) is 0 Å². The highest BCUT2D eigenvalue weighted by molar-refractivity contribution is 7.45. The Bertz CT molecular complexity index is 1510. The third-order valence-corrected chi connectivity index (χ3v) is 14.0. The van der Waals surface area contributed by atoms with Crippen molar-refractivity contribution in [3.8, 4) is 0 Å². The van der Waals surface area contributed by atoms with Crippen molar-refractivity contribution in [2.24, 2.45) is 0 Å². The Morgan fingerprint density at radius 1 is 0.493 bits per heavy atom. The van der Waals surface area contributed by atoms with Gasteiger partial charge in [-0.1, -0.05) is 252 Å². The van der Waals surface area contributed by atoms with Gasteiger partial charge in [-0.15, -0.1) is 0 Å². The van der Waals surface area contributed by atoms with Crippen LogP contribution >= 0.6 is 7.82 Å². The lowest BCUT2D eigenvalue weighted by molar-refractivity contribution is -0.870. The predicted molar refractivity (Wildman–Crippen MR) is 316 cm³/mol. The Hall–Kier alpha value is -2.58. The van der Waals surface area contributed by atoms with Gasteiger partial charge in [-0.05, 0) is 89.9 Å². The molecule has 0 aliphatic rings. The monoisotopic (exact) mass is 1040 g/mol. The summed E-state index contributed by atoms with van der Waals surface area (Å²) in [6, 6.07) is -0.912. The van der Waals surface area contributed by atoms with E-state index in [-0.39, 0.29) is 12.5 Å². The number of amides is 1. The number of nitrogens with one attached hydrogen (secondary N) is 1. The Kier molecular flexibility index (Phi) is 52.3. The second-order valence-corrected chi connectivity index (χ2v) is 22.7. The molecule has 0 aliphatic carbocycles. The number of hydrogen-bond donors (Lipinski definition) is 2. The van der Waals surface area contributed by atoms with Gasteiger partial charge in [0.05, 0.1) is 39.9 Å². The van der Waals surface area contributed by atoms with Gasteiger partial charge in [0.2, 0.25) is 5.91 Å². The van der Waals surface area contributed by atoms with E-state index in [1.807, 2.05) is 27.2 Å². The molecule has 73 heavy (non-hydrogen) atoms. The second kappa shape index (κ2) is 54.2. The van der Waals surface area contributed by atoms with E-state index in [1.165, 1.54) is 148 Å². The molecular weight excluding hydrogens is 924 g/mol. The number of aliphatic hydroxyl groups is 1. The minimum absolute atomic E-state index is 0.0111. The molecule has 0 fully saturated rings. The standard InChI is InChI=1S/C64H115N2O6P/c1-6-8-10-12-14-16-18-20-22-23-24-25-26-27-28-29-30-31-32-33-34-35-36-37-38-39-40-41-42-43-44-46-48-50-52-54-56-58-64(68)65-62(61-72-73(69,70)71-60-59-66(3,4)5)63(67)57-55-53-51-49-47-45-21-19-17-15-13-11-9-7-2/h8,10,14,16-17,19-20,22,24-25,27-28,47,49,55,57,62-63,67H,6-7,9,11-13,15,18,21,23,26,29-46,48,50-54,56,58-61H2,1-5H3,(H-,65,68,69,70)/b10-8-,16-14-,19-17+,22-20-,25-24-,28-27-,49-47+,57-55+. The third-order valence-electron chi connectivity index (χ3n) is 13.0. The number of allylic oxidation sites excluding steroid dienone is 15. The molecule has 2 N–H and O–H groups in total. The van der Waals surface area contributed by atoms with E-state index in [1.54, 1.807) is 6.08 Å². The maximum atomic E-state index is 12.9. The van der Waals surface area contributed by atoms with Gasteiger partial charge in [0.25, 0.3) is 7.82 Å². The van der Waals surface area contributed by atoms with Crippen LogP contribution in [0.15, 0.2) is 97.2 Å². The van der Waals surface area contributed by atoms with Crippen molar-refractivity contribution in [1.82, 2.24) is 5.32 Å². The average molecular weight is 1040 g/mol. The first kappa shape index (κ1) is 70.4. The van der Waals surface area contributed by atoms with Gasteiger partial charge < -0.3 is 28.8 Å². The van der Waals surface area contributed by atoms with E-state index in [2.05, 4.69) is 104 Å². The fourth-order valence-electron chi connectivity index (χ4n) is 8.33. The summed E-state index contributed by atoms with van der Waals surface area (Å²) >= 11 is 0. The van der Waals surface area contributed by atoms with Crippen LogP contribution in [-0.4, -0.2) is 68.5 Å². The molecule has 3 atom stereocenters. The van der Waals surface area contributed by atoms with Crippen molar-refractivity contribution in [3.05, 3.63) is 97.2 Å². The highest BCUT2D eigenvalue weighted by atomic mass is 31.2. The first-order chi connectivity index (χ1) is 35.5. The van der Waals surface area contributed by atoms with Crippen molar-refractivity contribution in [2.75, 3.05) is 40.9 Å². The van der Waals surface area contributed by atoms with Crippen LogP contribution in [0.3, 0.4) is 0 Å². The molecule has 0 aromatic heterocycles. The number of carbonyl (C=O) groups is 1. The molecule has 3 unspecified atom stereocenters. The zero-order valence-corrected chi connectivity index (χ0v) is 49.0. The topological polar surface area (TPSA) is 108 Å². The Morgan fingerprint density at radius 2 is 0.849 bits per heavy atom. The van der Waals surface area contributed by atoms with Crippen LogP contribution in [0.1, 0.15) is 251 Å². The summed E-state index contributed by atoms with van der Waals surface area (Å²) in [7, 11) is 1.23. The highest BCUT2D eigenvalue weighted by Crippen LogP contribution is 2.38. The fraction of sp³-hybridized carbons (Fsp3) is 0.734. The lowest BCUT2D eigenvalue weighted by Crippen LogP contribution is -2.45. The zero-order chi connectivity index (χ0) is 53.5. The molecule has 0 saturated carbocycles. The second-order valence-electron chi connectivity index (χ2n) is 21.3. The molecule has 0 heterocycles. The van der Waals surface area contributed by atoms with Crippen LogP contribution < -0.4 is 10.2 Å². The Morgan fingerprint density at radius 3 is 1.27 bits per heavy atom. The lowest BCUT2D eigenvalue weighted by atomic mass is 10.0. The van der Waals surface area contributed by atoms with Crippen molar-refractivity contribution in [1.29, 1.82) is 0 Å². The summed E-state index contributed by atoms with van der Waals surface area (Å²) in [5, 5.41) is 13.8. The molecular formula is C64H115N2O6P. The SMILES string of the molecule is CC/C=C\C/C=C\C/C=C\C/C=C\C/C=C\CCCCCCCCCCCCCCCCCCCCCCCC(=O)NC(COP(=O)([O-])OCC[N+](C)(C)C)C(O)/C=C/CC/C=C/CC/C=C/CCCCCC. The predicted octanol–water partition coefficient (Wildman–Crippen LogP) is 18.0. The summed E-state index contributed by atoms with van der Waals surface area (Å²) in [6.07, 6.45) is 78.0. The van der Waals surface area contributed by atoms with E-state index in [0.29, 0.717) is 17.4 Å². The van der Waals surface area contributed by atoms with Crippen molar-refractivity contribution >= 4 is 13.7 Å². The van der Waals surface area contributed by atoms with Gasteiger partial charge in [-0.3, -0.25) is 9.36 Å². The van der Waals surface area contributed by atoms with Gasteiger partial charge in [-0.25, -0.2) is 0 Å². The number of phosphoric acid groups is 1. The van der Waals surface area contributed by atoms with Crippen molar-refractivity contribution < 1.29 is 32.9 Å². The number of quaternary nitrogens is 1. The van der Waals surface area contributed by atoms with E-state index in [0.717, 1.165) is 83.5 Å². The highest BCUT2D eigenvalue weighted by Gasteiger charge is 2.23. The van der Waals surface area contributed by atoms with Gasteiger partial charge in [0.15, 0.2) is 0 Å². The lowest BCUT2D eigenvalue weighted by Gasteiger charge is -2.29. The molecule has 0 aromatic rings. The Labute approximate surface area is 451 Å². The van der Waals surface area contributed by atoms with Gasteiger partial charge in [-0.2, -0.15) is 0 Å². The molecule has 0 radical (unpaired) electrons. The summed E-state index contributed by atoms with van der Waals surface area (Å²) in [4.78, 5) is 25.5. The van der Waals surface area contributed by atoms with Crippen molar-refractivity contribution in [2.45, 2.75) is 264 Å². The minimum Gasteiger partial charge on any atom is -0.756 e. The maximum Gasteiger partial charge on any atom is 0.268 e. The number of carbonyl (C=O) groups excluding carboxylic acids is 1. The molecule has 0 saturated heterocycles. The number of phosphoric ester groups is 1. The van der Waals surface area contributed by atoms with Gasteiger partial charge >= 0.3 is 0 Å². The van der Waals surface area contributed by atoms with Crippen LogP contribution in [0, 0.1) is 0 Å². The summed E-state index contributed by atoms with van der Waals surface area (Å²) in [6.45, 7) is 4.48. The molecule has 9 heteroatoms. The van der Waals surface area contributed by atoms with E-state index >= 15 is 0 Å². The molecule has 0 bridgehead atoms. The van der Waals surface area contributed by atoms with Gasteiger partial charge in [0.1, 0.15) is 13.2 Å². The molecule has 422 valence electrons. The van der Waals surface area contributed by atoms with Crippen molar-refractivity contribution in [3.63, 3.8) is 0 Å². The zero-order valence-electron chi connectivity index (χ0n) is 48.1. The number of likely N-dealkylation sites (N-methyl/N-ethyl adjacent to an activating group) is 1. The van der Waals surface area contributed by atoms with Crippen LogP contribution in [0.2, 0.25) is 0 Å². The maximum absolute atomic E-state index is 12.9. The van der Waals surface area contributed by atoms with Crippen LogP contribution in [-0.2, 0) is 18.4 Å². The van der Waals surface area contributed by atoms with E-state index in [9.17, 15) is 19.4 Å². The first-order valence-corrected chi connectivity index (χ1v) is 31.6. The average Bonchev–Trinajstić information content (AvgIpc) is 3.35. The molecule has 8 nitrogen and oxygen atoms in total. The first-order valence-electron chi connectivity index (χ1n) is 30.1. The summed E-state index contributed by atoms with van der Waals surface area (Å²) in [5.41, 5.74) is 0. The van der Waals surface area contributed by atoms with Crippen LogP contribution in [0.4, 0.5) is 0 Å². The number of unbranched alkanes of at least 4 members (excludes halogenated alkanes) is 27. The van der Waals surface area contributed by atoms with Gasteiger partial charge in [0, 0.05) is 6.42 Å². The molecule has 0 aliphatic heterocycles. The molecule has 1 amide bonds. The fourth-order valence-corrected chi connectivity index (χ4v) is 9.05. The number of aliphatic hydroxyl groups excluding tert-OH is 1. The normalized spacial score (nSPS) is 14.6.